The first kappa shape index (κ1) is 23.9. The number of methoxy groups -OCH3 is 2. The SMILES string of the molecule is COCCN(CC(=O)N(Cc1ccccc1)Cc1ccco1)C(=O)Nc1ccccc1OC. The molecule has 0 radical (unpaired) electrons. The maximum atomic E-state index is 13.3. The molecular weight excluding hydrogens is 422 g/mol. The smallest absolute Gasteiger partial charge is 0.322 e. The van der Waals surface area contributed by atoms with E-state index in [4.69, 9.17) is 13.9 Å². The van der Waals surface area contributed by atoms with Gasteiger partial charge < -0.3 is 29.0 Å². The average Bonchev–Trinajstić information content (AvgIpc) is 3.35. The van der Waals surface area contributed by atoms with Gasteiger partial charge in [0, 0.05) is 20.2 Å². The second kappa shape index (κ2) is 12.3. The van der Waals surface area contributed by atoms with Crippen LogP contribution < -0.4 is 10.1 Å². The summed E-state index contributed by atoms with van der Waals surface area (Å²) in [6, 6.07) is 20.0. The van der Waals surface area contributed by atoms with E-state index in [-0.39, 0.29) is 19.0 Å². The number of anilines is 1. The van der Waals surface area contributed by atoms with Crippen LogP contribution in [0.15, 0.2) is 77.4 Å². The Hall–Kier alpha value is -3.78. The van der Waals surface area contributed by atoms with Crippen molar-refractivity contribution in [2.75, 3.05) is 39.2 Å². The fourth-order valence-corrected chi connectivity index (χ4v) is 3.29. The Morgan fingerprint density at radius 3 is 2.36 bits per heavy atom. The molecule has 0 aliphatic carbocycles. The second-order valence-electron chi connectivity index (χ2n) is 7.36. The van der Waals surface area contributed by atoms with E-state index >= 15 is 0 Å². The molecule has 2 aromatic carbocycles. The summed E-state index contributed by atoms with van der Waals surface area (Å²) in [4.78, 5) is 29.5. The molecule has 33 heavy (non-hydrogen) atoms. The van der Waals surface area contributed by atoms with Gasteiger partial charge in [-0.2, -0.15) is 0 Å². The number of furan rings is 1. The molecule has 0 aliphatic heterocycles. The van der Waals surface area contributed by atoms with Gasteiger partial charge in [0.2, 0.25) is 5.91 Å². The van der Waals surface area contributed by atoms with Crippen molar-refractivity contribution in [1.82, 2.24) is 9.80 Å². The van der Waals surface area contributed by atoms with E-state index in [0.717, 1.165) is 5.56 Å². The van der Waals surface area contributed by atoms with Crippen molar-refractivity contribution in [3.05, 3.63) is 84.3 Å². The van der Waals surface area contributed by atoms with Crippen LogP contribution in [0.3, 0.4) is 0 Å². The Labute approximate surface area is 193 Å². The molecule has 0 aliphatic rings. The minimum Gasteiger partial charge on any atom is -0.495 e. The van der Waals surface area contributed by atoms with Crippen molar-refractivity contribution in [2.45, 2.75) is 13.1 Å². The van der Waals surface area contributed by atoms with Crippen molar-refractivity contribution < 1.29 is 23.5 Å². The number of nitrogens with zero attached hydrogens (tertiary/aromatic N) is 2. The lowest BCUT2D eigenvalue weighted by atomic mass is 10.2. The molecule has 1 heterocycles. The molecule has 1 N–H and O–H groups in total. The van der Waals surface area contributed by atoms with Gasteiger partial charge in [-0.3, -0.25) is 4.79 Å². The zero-order chi connectivity index (χ0) is 23.5. The van der Waals surface area contributed by atoms with Crippen LogP contribution in [0.4, 0.5) is 10.5 Å². The third-order valence-corrected chi connectivity index (χ3v) is 5.02. The fourth-order valence-electron chi connectivity index (χ4n) is 3.29. The third-order valence-electron chi connectivity index (χ3n) is 5.02. The third kappa shape index (κ3) is 7.11. The minimum atomic E-state index is -0.414. The summed E-state index contributed by atoms with van der Waals surface area (Å²) in [5.74, 6) is 0.995. The molecule has 3 rings (SSSR count). The van der Waals surface area contributed by atoms with Crippen molar-refractivity contribution >= 4 is 17.6 Å². The van der Waals surface area contributed by atoms with Gasteiger partial charge in [0.1, 0.15) is 18.1 Å². The van der Waals surface area contributed by atoms with Crippen LogP contribution in [-0.4, -0.2) is 55.7 Å². The number of rotatable bonds is 11. The summed E-state index contributed by atoms with van der Waals surface area (Å²) in [5, 5.41) is 2.83. The quantitative estimate of drug-likeness (QED) is 0.476. The molecule has 0 fully saturated rings. The number of nitrogens with one attached hydrogen (secondary N) is 1. The predicted octanol–water partition coefficient (Wildman–Crippen LogP) is 4.00. The molecule has 0 saturated carbocycles. The molecule has 0 unspecified atom stereocenters. The van der Waals surface area contributed by atoms with E-state index in [1.165, 1.54) is 12.0 Å². The highest BCUT2D eigenvalue weighted by atomic mass is 16.5. The maximum Gasteiger partial charge on any atom is 0.322 e. The normalized spacial score (nSPS) is 10.5. The van der Waals surface area contributed by atoms with Crippen molar-refractivity contribution in [2.24, 2.45) is 0 Å². The van der Waals surface area contributed by atoms with E-state index in [9.17, 15) is 9.59 Å². The number of hydrogen-bond acceptors (Lipinski definition) is 5. The van der Waals surface area contributed by atoms with Crippen LogP contribution in [0.25, 0.3) is 0 Å². The standard InChI is InChI=1S/C25H29N3O5/c1-31-16-14-27(25(30)26-22-12-6-7-13-23(22)32-2)19-24(29)28(18-21-11-8-15-33-21)17-20-9-4-3-5-10-20/h3-13,15H,14,16-19H2,1-2H3,(H,26,30). The first-order valence-corrected chi connectivity index (χ1v) is 10.6. The van der Waals surface area contributed by atoms with Crippen LogP contribution in [0.2, 0.25) is 0 Å². The van der Waals surface area contributed by atoms with Gasteiger partial charge >= 0.3 is 6.03 Å². The molecule has 0 bridgehead atoms. The number of amides is 3. The molecule has 3 amide bonds. The van der Waals surface area contributed by atoms with Crippen molar-refractivity contribution in [3.63, 3.8) is 0 Å². The van der Waals surface area contributed by atoms with Gasteiger partial charge in [0.05, 0.1) is 32.2 Å². The zero-order valence-electron chi connectivity index (χ0n) is 18.9. The fraction of sp³-hybridized carbons (Fsp3) is 0.280. The summed E-state index contributed by atoms with van der Waals surface area (Å²) in [7, 11) is 3.09. The van der Waals surface area contributed by atoms with Crippen LogP contribution in [0, 0.1) is 0 Å². The van der Waals surface area contributed by atoms with E-state index < -0.39 is 6.03 Å². The highest BCUT2D eigenvalue weighted by Gasteiger charge is 2.23. The Morgan fingerprint density at radius 1 is 0.909 bits per heavy atom. The van der Waals surface area contributed by atoms with Gasteiger partial charge in [-0.15, -0.1) is 0 Å². The summed E-state index contributed by atoms with van der Waals surface area (Å²) in [5.41, 5.74) is 1.51. The summed E-state index contributed by atoms with van der Waals surface area (Å²) < 4.78 is 15.9. The summed E-state index contributed by atoms with van der Waals surface area (Å²) in [6.45, 7) is 1.13. The van der Waals surface area contributed by atoms with Crippen molar-refractivity contribution in [1.29, 1.82) is 0 Å². The Balaban J connectivity index is 1.75. The average molecular weight is 452 g/mol. The number of hydrogen-bond donors (Lipinski definition) is 1. The Kier molecular flexibility index (Phi) is 8.90. The van der Waals surface area contributed by atoms with E-state index in [1.807, 2.05) is 42.5 Å². The first-order valence-electron chi connectivity index (χ1n) is 10.6. The topological polar surface area (TPSA) is 84.2 Å². The molecule has 1 aromatic heterocycles. The molecule has 0 atom stereocenters. The van der Waals surface area contributed by atoms with Gasteiger partial charge in [0.15, 0.2) is 0 Å². The van der Waals surface area contributed by atoms with Crippen LogP contribution in [0.5, 0.6) is 5.75 Å². The minimum absolute atomic E-state index is 0.113. The van der Waals surface area contributed by atoms with E-state index in [2.05, 4.69) is 5.32 Å². The summed E-state index contributed by atoms with van der Waals surface area (Å²) in [6.07, 6.45) is 1.58. The highest BCUT2D eigenvalue weighted by molar-refractivity contribution is 5.93. The van der Waals surface area contributed by atoms with Gasteiger partial charge in [-0.1, -0.05) is 42.5 Å². The van der Waals surface area contributed by atoms with Crippen molar-refractivity contribution in [3.8, 4) is 5.75 Å². The number of ether oxygens (including phenoxy) is 2. The van der Waals surface area contributed by atoms with E-state index in [1.54, 1.807) is 42.5 Å². The van der Waals surface area contributed by atoms with Gasteiger partial charge in [0.25, 0.3) is 0 Å². The van der Waals surface area contributed by atoms with Crippen LogP contribution in [-0.2, 0) is 22.6 Å². The van der Waals surface area contributed by atoms with Crippen LogP contribution in [0.1, 0.15) is 11.3 Å². The Morgan fingerprint density at radius 2 is 1.67 bits per heavy atom. The number of para-hydroxylation sites is 2. The van der Waals surface area contributed by atoms with E-state index in [0.29, 0.717) is 36.9 Å². The van der Waals surface area contributed by atoms with Gasteiger partial charge in [-0.25, -0.2) is 4.79 Å². The number of carbonyl (C=O) groups is 2. The molecule has 8 nitrogen and oxygen atoms in total. The number of benzene rings is 2. The molecule has 0 spiro atoms. The summed E-state index contributed by atoms with van der Waals surface area (Å²) >= 11 is 0. The Bertz CT molecular complexity index is 1010. The molecular formula is C25H29N3O5. The largest absolute Gasteiger partial charge is 0.495 e. The predicted molar refractivity (Wildman–Crippen MR) is 125 cm³/mol. The molecule has 3 aromatic rings. The lowest BCUT2D eigenvalue weighted by molar-refractivity contribution is -0.133. The zero-order valence-corrected chi connectivity index (χ0v) is 18.9. The molecule has 174 valence electrons. The van der Waals surface area contributed by atoms with Crippen LogP contribution >= 0.6 is 0 Å². The number of carbonyl (C=O) groups excluding carboxylic acids is 2. The lowest BCUT2D eigenvalue weighted by Gasteiger charge is -2.27. The monoisotopic (exact) mass is 451 g/mol. The number of urea groups is 1. The van der Waals surface area contributed by atoms with Gasteiger partial charge in [-0.05, 0) is 29.8 Å². The second-order valence-corrected chi connectivity index (χ2v) is 7.36. The molecule has 8 heteroatoms. The maximum absolute atomic E-state index is 13.3. The highest BCUT2D eigenvalue weighted by Crippen LogP contribution is 2.23. The lowest BCUT2D eigenvalue weighted by Crippen LogP contribution is -2.45. The molecule has 0 saturated heterocycles. The first-order chi connectivity index (χ1) is 16.1.